The number of aliphatic carboxylic acids is 1. The summed E-state index contributed by atoms with van der Waals surface area (Å²) in [5.41, 5.74) is 1.62. The molecule has 20 heavy (non-hydrogen) atoms. The normalized spacial score (nSPS) is 10.3. The van der Waals surface area contributed by atoms with Gasteiger partial charge in [-0.1, -0.05) is 26.0 Å². The second kappa shape index (κ2) is 7.43. The van der Waals surface area contributed by atoms with Crippen molar-refractivity contribution in [1.82, 2.24) is 5.32 Å². The minimum absolute atomic E-state index is 0.0676. The van der Waals surface area contributed by atoms with E-state index in [0.29, 0.717) is 11.5 Å². The molecular weight excluding hydrogens is 258 g/mol. The average molecular weight is 277 g/mol. The lowest BCUT2D eigenvalue weighted by Crippen LogP contribution is -2.29. The lowest BCUT2D eigenvalue weighted by molar-refractivity contribution is -0.138. The molecule has 1 aromatic carbocycles. The van der Waals surface area contributed by atoms with E-state index >= 15 is 0 Å². The number of carbonyl (C=O) groups is 3. The number of Topliss-reactive ketones (excluding diaryl/α,β-unsaturated/α-hetero) is 1. The molecule has 0 aliphatic rings. The second-order valence-corrected chi connectivity index (χ2v) is 4.89. The maximum absolute atomic E-state index is 11.8. The molecule has 0 aromatic heterocycles. The third-order valence-corrected chi connectivity index (χ3v) is 2.90. The number of hydrogen-bond acceptors (Lipinski definition) is 3. The lowest BCUT2D eigenvalue weighted by Gasteiger charge is -2.07. The molecule has 0 atom stereocenters. The number of benzene rings is 1. The zero-order valence-corrected chi connectivity index (χ0v) is 11.7. The van der Waals surface area contributed by atoms with E-state index < -0.39 is 5.97 Å². The van der Waals surface area contributed by atoms with Crippen molar-refractivity contribution < 1.29 is 19.5 Å². The van der Waals surface area contributed by atoms with E-state index in [9.17, 15) is 14.4 Å². The predicted molar refractivity (Wildman–Crippen MR) is 74.7 cm³/mol. The minimum atomic E-state index is -1.02. The van der Waals surface area contributed by atoms with Gasteiger partial charge in [0.2, 0.25) is 0 Å². The van der Waals surface area contributed by atoms with Gasteiger partial charge in [-0.2, -0.15) is 0 Å². The van der Waals surface area contributed by atoms with Crippen LogP contribution in [0.2, 0.25) is 0 Å². The van der Waals surface area contributed by atoms with Gasteiger partial charge in [-0.05, 0) is 23.6 Å². The molecule has 1 rings (SSSR count). The Morgan fingerprint density at radius 2 is 1.70 bits per heavy atom. The fourth-order valence-electron chi connectivity index (χ4n) is 1.64. The van der Waals surface area contributed by atoms with Gasteiger partial charge in [0, 0.05) is 12.0 Å². The van der Waals surface area contributed by atoms with Crippen molar-refractivity contribution >= 4 is 17.7 Å². The summed E-state index contributed by atoms with van der Waals surface area (Å²) in [6.45, 7) is 3.99. The molecule has 0 fully saturated rings. The van der Waals surface area contributed by atoms with E-state index in [4.69, 9.17) is 5.11 Å². The lowest BCUT2D eigenvalue weighted by atomic mass is 10.0. The van der Waals surface area contributed by atoms with E-state index in [2.05, 4.69) is 19.2 Å². The molecule has 0 aliphatic heterocycles. The maximum atomic E-state index is 11.8. The SMILES string of the molecule is CC(C)c1ccc(C(=O)NCC(=O)CCC(=O)O)cc1. The van der Waals surface area contributed by atoms with E-state index in [1.54, 1.807) is 12.1 Å². The van der Waals surface area contributed by atoms with Crippen LogP contribution in [0.25, 0.3) is 0 Å². The Kier molecular flexibility index (Phi) is 5.90. The summed E-state index contributed by atoms with van der Waals surface area (Å²) in [7, 11) is 0. The highest BCUT2D eigenvalue weighted by Crippen LogP contribution is 2.14. The molecule has 0 saturated heterocycles. The van der Waals surface area contributed by atoms with Crippen molar-refractivity contribution in [1.29, 1.82) is 0 Å². The molecule has 0 spiro atoms. The molecule has 0 heterocycles. The summed E-state index contributed by atoms with van der Waals surface area (Å²) < 4.78 is 0. The number of ketones is 1. The molecule has 2 N–H and O–H groups in total. The van der Waals surface area contributed by atoms with Crippen LogP contribution in [0.1, 0.15) is 48.5 Å². The summed E-state index contributed by atoms with van der Waals surface area (Å²) in [6, 6.07) is 7.19. The van der Waals surface area contributed by atoms with Crippen molar-refractivity contribution in [2.45, 2.75) is 32.6 Å². The van der Waals surface area contributed by atoms with Crippen LogP contribution in [0.3, 0.4) is 0 Å². The molecule has 5 heteroatoms. The van der Waals surface area contributed by atoms with E-state index in [1.165, 1.54) is 0 Å². The predicted octanol–water partition coefficient (Wildman–Crippen LogP) is 1.97. The zero-order chi connectivity index (χ0) is 15.1. The molecule has 1 aromatic rings. The molecule has 108 valence electrons. The maximum Gasteiger partial charge on any atom is 0.303 e. The van der Waals surface area contributed by atoms with Gasteiger partial charge in [0.05, 0.1) is 13.0 Å². The van der Waals surface area contributed by atoms with E-state index in [1.807, 2.05) is 12.1 Å². The van der Waals surface area contributed by atoms with Crippen LogP contribution in [-0.4, -0.2) is 29.3 Å². The Bertz CT molecular complexity index is 491. The number of hydrogen-bond donors (Lipinski definition) is 2. The number of nitrogens with one attached hydrogen (secondary N) is 1. The summed E-state index contributed by atoms with van der Waals surface area (Å²) in [6.07, 6.45) is -0.278. The van der Waals surface area contributed by atoms with Crippen LogP contribution < -0.4 is 5.32 Å². The van der Waals surface area contributed by atoms with Gasteiger partial charge < -0.3 is 10.4 Å². The zero-order valence-electron chi connectivity index (χ0n) is 11.7. The van der Waals surface area contributed by atoms with Gasteiger partial charge >= 0.3 is 5.97 Å². The number of carboxylic acid groups (broad SMARTS) is 1. The van der Waals surface area contributed by atoms with Gasteiger partial charge in [-0.15, -0.1) is 0 Å². The monoisotopic (exact) mass is 277 g/mol. The minimum Gasteiger partial charge on any atom is -0.481 e. The largest absolute Gasteiger partial charge is 0.481 e. The van der Waals surface area contributed by atoms with Crippen LogP contribution in [-0.2, 0) is 9.59 Å². The third kappa shape index (κ3) is 5.22. The van der Waals surface area contributed by atoms with Crippen molar-refractivity contribution in [3.8, 4) is 0 Å². The Morgan fingerprint density at radius 1 is 1.10 bits per heavy atom. The Labute approximate surface area is 118 Å². The first-order valence-corrected chi connectivity index (χ1v) is 6.51. The molecular formula is C15H19NO4. The molecule has 0 radical (unpaired) electrons. The fraction of sp³-hybridized carbons (Fsp3) is 0.400. The molecule has 0 saturated carbocycles. The van der Waals surface area contributed by atoms with Gasteiger partial charge in [0.1, 0.15) is 0 Å². The van der Waals surface area contributed by atoms with Crippen LogP contribution in [0.4, 0.5) is 0 Å². The highest BCUT2D eigenvalue weighted by molar-refractivity contribution is 5.97. The van der Waals surface area contributed by atoms with Crippen molar-refractivity contribution in [2.75, 3.05) is 6.54 Å². The highest BCUT2D eigenvalue weighted by atomic mass is 16.4. The third-order valence-electron chi connectivity index (χ3n) is 2.90. The number of rotatable bonds is 7. The summed E-state index contributed by atoms with van der Waals surface area (Å²) >= 11 is 0. The fourth-order valence-corrected chi connectivity index (χ4v) is 1.64. The molecule has 0 bridgehead atoms. The van der Waals surface area contributed by atoms with Gasteiger partial charge in [0.25, 0.3) is 5.91 Å². The first-order chi connectivity index (χ1) is 9.40. The smallest absolute Gasteiger partial charge is 0.303 e. The molecule has 0 aliphatic carbocycles. The van der Waals surface area contributed by atoms with Gasteiger partial charge in [-0.3, -0.25) is 14.4 Å². The highest BCUT2D eigenvalue weighted by Gasteiger charge is 2.10. The number of carbonyl (C=O) groups excluding carboxylic acids is 2. The molecule has 0 unspecified atom stereocenters. The van der Waals surface area contributed by atoms with Crippen molar-refractivity contribution in [2.24, 2.45) is 0 Å². The quantitative estimate of drug-likeness (QED) is 0.798. The molecule has 5 nitrogen and oxygen atoms in total. The topological polar surface area (TPSA) is 83.5 Å². The van der Waals surface area contributed by atoms with Crippen LogP contribution in [0.5, 0.6) is 0 Å². The standard InChI is InChI=1S/C15H19NO4/c1-10(2)11-3-5-12(6-4-11)15(20)16-9-13(17)7-8-14(18)19/h3-6,10H,7-9H2,1-2H3,(H,16,20)(H,18,19). The Balaban J connectivity index is 2.46. The summed E-state index contributed by atoms with van der Waals surface area (Å²) in [4.78, 5) is 33.4. The van der Waals surface area contributed by atoms with Crippen LogP contribution in [0, 0.1) is 0 Å². The average Bonchev–Trinajstić information content (AvgIpc) is 2.42. The Morgan fingerprint density at radius 3 is 2.20 bits per heavy atom. The van der Waals surface area contributed by atoms with Crippen LogP contribution in [0.15, 0.2) is 24.3 Å². The number of amides is 1. The second-order valence-electron chi connectivity index (χ2n) is 4.89. The van der Waals surface area contributed by atoms with Crippen molar-refractivity contribution in [3.63, 3.8) is 0 Å². The number of carboxylic acids is 1. The van der Waals surface area contributed by atoms with Crippen molar-refractivity contribution in [3.05, 3.63) is 35.4 Å². The molecule has 1 amide bonds. The Hall–Kier alpha value is -2.17. The summed E-state index contributed by atoms with van der Waals surface area (Å²) in [5, 5.41) is 10.9. The van der Waals surface area contributed by atoms with Gasteiger partial charge in [0.15, 0.2) is 5.78 Å². The first-order valence-electron chi connectivity index (χ1n) is 6.51. The van der Waals surface area contributed by atoms with Crippen LogP contribution >= 0.6 is 0 Å². The first kappa shape index (κ1) is 15.9. The van der Waals surface area contributed by atoms with Gasteiger partial charge in [-0.25, -0.2) is 0 Å². The van der Waals surface area contributed by atoms with E-state index in [0.717, 1.165) is 5.56 Å². The van der Waals surface area contributed by atoms with E-state index in [-0.39, 0.29) is 31.1 Å². The summed E-state index contributed by atoms with van der Waals surface area (Å²) in [5.74, 6) is -1.25.